The van der Waals surface area contributed by atoms with E-state index in [1.807, 2.05) is 48.7 Å². The third-order valence-corrected chi connectivity index (χ3v) is 3.99. The maximum absolute atomic E-state index is 12.3. The van der Waals surface area contributed by atoms with Crippen molar-refractivity contribution in [2.75, 3.05) is 5.32 Å². The Labute approximate surface area is 134 Å². The molecule has 1 aromatic heterocycles. The van der Waals surface area contributed by atoms with Crippen molar-refractivity contribution >= 4 is 34.1 Å². The Balaban J connectivity index is 1.80. The van der Waals surface area contributed by atoms with Crippen molar-refractivity contribution < 1.29 is 4.79 Å². The summed E-state index contributed by atoms with van der Waals surface area (Å²) in [6.07, 6.45) is 3.07. The minimum atomic E-state index is -0.0261. The maximum Gasteiger partial charge on any atom is 0.228 e. The molecular weight excluding hydrogens is 296 g/mol. The van der Waals surface area contributed by atoms with E-state index < -0.39 is 0 Å². The molecule has 0 radical (unpaired) electrons. The fraction of sp³-hybridized carbons (Fsp3) is 0.167. The Morgan fingerprint density at radius 3 is 2.82 bits per heavy atom. The Morgan fingerprint density at radius 1 is 1.18 bits per heavy atom. The number of halogens is 1. The fourth-order valence-corrected chi connectivity index (χ4v) is 2.79. The maximum atomic E-state index is 12.3. The number of rotatable bonds is 4. The molecule has 22 heavy (non-hydrogen) atoms. The van der Waals surface area contributed by atoms with Crippen LogP contribution in [0.2, 0.25) is 5.02 Å². The monoisotopic (exact) mass is 312 g/mol. The van der Waals surface area contributed by atoms with Crippen LogP contribution in [0.3, 0.4) is 0 Å². The van der Waals surface area contributed by atoms with Crippen molar-refractivity contribution in [3.05, 3.63) is 64.8 Å². The average Bonchev–Trinajstić information content (AvgIpc) is 2.90. The minimum Gasteiger partial charge on any atom is -0.361 e. The molecule has 2 N–H and O–H groups in total. The largest absolute Gasteiger partial charge is 0.361 e. The molecule has 1 amide bonds. The van der Waals surface area contributed by atoms with E-state index in [9.17, 15) is 4.79 Å². The molecule has 0 saturated carbocycles. The summed E-state index contributed by atoms with van der Waals surface area (Å²) >= 11 is 6.04. The standard InChI is InChI=1S/C18H17ClN2O/c1-2-12-5-3-4-6-16(12)21-18(22)9-13-11-20-17-8-7-14(19)10-15(13)17/h3-8,10-11,20H,2,9H2,1H3,(H,21,22). The number of H-pyrrole nitrogens is 1. The number of aromatic amines is 1. The third kappa shape index (κ3) is 3.00. The first-order valence-corrected chi connectivity index (χ1v) is 7.68. The van der Waals surface area contributed by atoms with E-state index in [1.54, 1.807) is 0 Å². The van der Waals surface area contributed by atoms with Gasteiger partial charge in [0, 0.05) is 27.8 Å². The summed E-state index contributed by atoms with van der Waals surface area (Å²) in [6.45, 7) is 2.08. The predicted molar refractivity (Wildman–Crippen MR) is 91.5 cm³/mol. The van der Waals surface area contributed by atoms with Crippen LogP contribution in [0.25, 0.3) is 10.9 Å². The molecule has 0 aliphatic carbocycles. The zero-order valence-corrected chi connectivity index (χ0v) is 13.1. The zero-order valence-electron chi connectivity index (χ0n) is 12.3. The van der Waals surface area contributed by atoms with Crippen molar-refractivity contribution in [1.82, 2.24) is 4.98 Å². The number of fused-ring (bicyclic) bond motifs is 1. The lowest BCUT2D eigenvalue weighted by atomic mass is 10.1. The lowest BCUT2D eigenvalue weighted by molar-refractivity contribution is -0.115. The highest BCUT2D eigenvalue weighted by Gasteiger charge is 2.10. The number of benzene rings is 2. The highest BCUT2D eigenvalue weighted by Crippen LogP contribution is 2.23. The van der Waals surface area contributed by atoms with Crippen LogP contribution in [0.15, 0.2) is 48.7 Å². The number of nitrogens with one attached hydrogen (secondary N) is 2. The van der Waals surface area contributed by atoms with Crippen molar-refractivity contribution in [1.29, 1.82) is 0 Å². The minimum absolute atomic E-state index is 0.0261. The molecule has 0 atom stereocenters. The van der Waals surface area contributed by atoms with Crippen LogP contribution in [0, 0.1) is 0 Å². The van der Waals surface area contributed by atoms with Crippen molar-refractivity contribution in [3.8, 4) is 0 Å². The molecule has 1 heterocycles. The van der Waals surface area contributed by atoms with Gasteiger partial charge in [0.1, 0.15) is 0 Å². The van der Waals surface area contributed by atoms with E-state index in [0.717, 1.165) is 34.1 Å². The first kappa shape index (κ1) is 14.7. The Morgan fingerprint density at radius 2 is 2.00 bits per heavy atom. The van der Waals surface area contributed by atoms with Crippen molar-refractivity contribution in [2.45, 2.75) is 19.8 Å². The molecular formula is C18H17ClN2O. The van der Waals surface area contributed by atoms with Gasteiger partial charge in [0.25, 0.3) is 0 Å². The number of aryl methyl sites for hydroxylation is 1. The lowest BCUT2D eigenvalue weighted by Crippen LogP contribution is -2.15. The first-order valence-electron chi connectivity index (χ1n) is 7.30. The molecule has 3 aromatic rings. The van der Waals surface area contributed by atoms with Crippen molar-refractivity contribution in [3.63, 3.8) is 0 Å². The van der Waals surface area contributed by atoms with Gasteiger partial charge >= 0.3 is 0 Å². The summed E-state index contributed by atoms with van der Waals surface area (Å²) in [6, 6.07) is 13.5. The van der Waals surface area contributed by atoms with Gasteiger partial charge in [0.15, 0.2) is 0 Å². The smallest absolute Gasteiger partial charge is 0.228 e. The highest BCUT2D eigenvalue weighted by atomic mass is 35.5. The number of carbonyl (C=O) groups is 1. The summed E-state index contributed by atoms with van der Waals surface area (Å²) in [5.74, 6) is -0.0261. The molecule has 0 unspecified atom stereocenters. The van der Waals surface area contributed by atoms with Crippen LogP contribution in [-0.2, 0) is 17.6 Å². The zero-order chi connectivity index (χ0) is 15.5. The van der Waals surface area contributed by atoms with Crippen LogP contribution in [-0.4, -0.2) is 10.9 Å². The molecule has 0 aliphatic rings. The normalized spacial score (nSPS) is 10.8. The van der Waals surface area contributed by atoms with Gasteiger partial charge in [-0.3, -0.25) is 4.79 Å². The summed E-state index contributed by atoms with van der Waals surface area (Å²) in [5.41, 5.74) is 3.95. The van der Waals surface area contributed by atoms with Gasteiger partial charge in [0.2, 0.25) is 5.91 Å². The number of hydrogen-bond acceptors (Lipinski definition) is 1. The molecule has 3 nitrogen and oxygen atoms in total. The van der Waals surface area contributed by atoms with Gasteiger partial charge in [-0.15, -0.1) is 0 Å². The summed E-state index contributed by atoms with van der Waals surface area (Å²) in [7, 11) is 0. The molecule has 0 aliphatic heterocycles. The first-order chi connectivity index (χ1) is 10.7. The molecule has 3 rings (SSSR count). The molecule has 0 bridgehead atoms. The number of anilines is 1. The van der Waals surface area contributed by atoms with Gasteiger partial charge in [-0.2, -0.15) is 0 Å². The van der Waals surface area contributed by atoms with E-state index >= 15 is 0 Å². The number of hydrogen-bond donors (Lipinski definition) is 2. The molecule has 4 heteroatoms. The fourth-order valence-electron chi connectivity index (χ4n) is 2.61. The van der Waals surface area contributed by atoms with Gasteiger partial charge in [-0.05, 0) is 41.8 Å². The van der Waals surface area contributed by atoms with Crippen LogP contribution in [0.1, 0.15) is 18.1 Å². The second kappa shape index (κ2) is 6.24. The van der Waals surface area contributed by atoms with Gasteiger partial charge in [-0.25, -0.2) is 0 Å². The summed E-state index contributed by atoms with van der Waals surface area (Å²) in [5, 5.41) is 4.66. The van der Waals surface area contributed by atoms with Crippen LogP contribution < -0.4 is 5.32 Å². The highest BCUT2D eigenvalue weighted by molar-refractivity contribution is 6.31. The number of aromatic nitrogens is 1. The van der Waals surface area contributed by atoms with Crippen molar-refractivity contribution in [2.24, 2.45) is 0 Å². The molecule has 0 fully saturated rings. The molecule has 2 aromatic carbocycles. The number of para-hydroxylation sites is 1. The van der Waals surface area contributed by atoms with Crippen LogP contribution in [0.5, 0.6) is 0 Å². The third-order valence-electron chi connectivity index (χ3n) is 3.75. The Kier molecular flexibility index (Phi) is 4.16. The number of carbonyl (C=O) groups excluding carboxylic acids is 1. The van der Waals surface area contributed by atoms with Crippen LogP contribution in [0.4, 0.5) is 5.69 Å². The van der Waals surface area contributed by atoms with E-state index in [0.29, 0.717) is 11.4 Å². The van der Waals surface area contributed by atoms with Crippen LogP contribution >= 0.6 is 11.6 Å². The average molecular weight is 313 g/mol. The number of amides is 1. The lowest BCUT2D eigenvalue weighted by Gasteiger charge is -2.09. The molecule has 0 saturated heterocycles. The quantitative estimate of drug-likeness (QED) is 0.728. The topological polar surface area (TPSA) is 44.9 Å². The summed E-state index contributed by atoms with van der Waals surface area (Å²) in [4.78, 5) is 15.5. The Hall–Kier alpha value is -2.26. The predicted octanol–water partition coefficient (Wildman–Crippen LogP) is 4.56. The van der Waals surface area contributed by atoms with E-state index in [1.165, 1.54) is 0 Å². The van der Waals surface area contributed by atoms with Gasteiger partial charge in [-0.1, -0.05) is 36.7 Å². The van der Waals surface area contributed by atoms with Gasteiger partial charge < -0.3 is 10.3 Å². The second-order valence-corrected chi connectivity index (χ2v) is 5.68. The van der Waals surface area contributed by atoms with E-state index in [4.69, 9.17) is 11.6 Å². The molecule has 0 spiro atoms. The van der Waals surface area contributed by atoms with E-state index in [2.05, 4.69) is 17.2 Å². The van der Waals surface area contributed by atoms with E-state index in [-0.39, 0.29) is 5.91 Å². The summed E-state index contributed by atoms with van der Waals surface area (Å²) < 4.78 is 0. The molecule has 112 valence electrons. The SMILES string of the molecule is CCc1ccccc1NC(=O)Cc1c[nH]c2ccc(Cl)cc12. The second-order valence-electron chi connectivity index (χ2n) is 5.24. The van der Waals surface area contributed by atoms with Gasteiger partial charge in [0.05, 0.1) is 6.42 Å². The Bertz CT molecular complexity index is 823.